The van der Waals surface area contributed by atoms with Crippen molar-refractivity contribution in [2.75, 3.05) is 0 Å². The van der Waals surface area contributed by atoms with Crippen LogP contribution in [0, 0.1) is 11.3 Å². The summed E-state index contributed by atoms with van der Waals surface area (Å²) in [6, 6.07) is 8.77. The van der Waals surface area contributed by atoms with Crippen LogP contribution in [0.5, 0.6) is 0 Å². The number of nitriles is 1. The van der Waals surface area contributed by atoms with Crippen molar-refractivity contribution < 1.29 is 4.79 Å². The van der Waals surface area contributed by atoms with Gasteiger partial charge in [-0.05, 0) is 37.8 Å². The Kier molecular flexibility index (Phi) is 5.38. The number of pyridine rings is 2. The maximum Gasteiger partial charge on any atom is 0.217 e. The van der Waals surface area contributed by atoms with Crippen LogP contribution in [0.2, 0.25) is 0 Å². The predicted octanol–water partition coefficient (Wildman–Crippen LogP) is 3.83. The molecule has 0 aromatic carbocycles. The van der Waals surface area contributed by atoms with Gasteiger partial charge in [-0.2, -0.15) is 15.5 Å². The molecule has 0 spiro atoms. The Hall–Kier alpha value is -3.99. The number of rotatable bonds is 4. The Morgan fingerprint density at radius 3 is 2.52 bits per heavy atom. The van der Waals surface area contributed by atoms with Crippen LogP contribution in [0.4, 0.5) is 0 Å². The van der Waals surface area contributed by atoms with Crippen LogP contribution < -0.4 is 5.32 Å². The molecule has 8 nitrogen and oxygen atoms in total. The monoisotopic (exact) mass is 439 g/mol. The fourth-order valence-corrected chi connectivity index (χ4v) is 4.78. The highest BCUT2D eigenvalue weighted by molar-refractivity contribution is 5.87. The van der Waals surface area contributed by atoms with Gasteiger partial charge in [0.15, 0.2) is 0 Å². The minimum atomic E-state index is 0.0392. The second kappa shape index (κ2) is 8.51. The summed E-state index contributed by atoms with van der Waals surface area (Å²) in [5, 5.41) is 21.3. The molecule has 0 bridgehead atoms. The Balaban J connectivity index is 1.47. The van der Waals surface area contributed by atoms with Gasteiger partial charge in [0.25, 0.3) is 0 Å². The summed E-state index contributed by atoms with van der Waals surface area (Å²) in [5.74, 6) is 0.438. The number of nitrogens with zero attached hydrogens (tertiary/aromatic N) is 6. The van der Waals surface area contributed by atoms with E-state index in [2.05, 4.69) is 39.8 Å². The van der Waals surface area contributed by atoms with Crippen LogP contribution in [0.25, 0.3) is 27.8 Å². The van der Waals surface area contributed by atoms with Crippen molar-refractivity contribution in [2.24, 2.45) is 7.05 Å². The molecular weight excluding hydrogens is 414 g/mol. The van der Waals surface area contributed by atoms with E-state index in [-0.39, 0.29) is 11.9 Å². The molecule has 166 valence electrons. The van der Waals surface area contributed by atoms with E-state index in [1.165, 1.54) is 0 Å². The number of carbonyl (C=O) groups excluding carboxylic acids is 1. The number of nitrogens with one attached hydrogen (secondary N) is 1. The molecule has 4 aromatic heterocycles. The third-order valence-electron chi connectivity index (χ3n) is 6.42. The summed E-state index contributed by atoms with van der Waals surface area (Å²) in [6.45, 7) is 1.57. The highest BCUT2D eigenvalue weighted by Gasteiger charge is 2.24. The summed E-state index contributed by atoms with van der Waals surface area (Å²) >= 11 is 0. The summed E-state index contributed by atoms with van der Waals surface area (Å²) in [4.78, 5) is 16.1. The molecule has 0 radical (unpaired) electrons. The highest BCUT2D eigenvalue weighted by Crippen LogP contribution is 2.35. The predicted molar refractivity (Wildman–Crippen MR) is 124 cm³/mol. The average Bonchev–Trinajstić information content (AvgIpc) is 3.44. The van der Waals surface area contributed by atoms with E-state index in [0.717, 1.165) is 59.1 Å². The Bertz CT molecular complexity index is 1350. The molecule has 8 heteroatoms. The fourth-order valence-electron chi connectivity index (χ4n) is 4.78. The zero-order chi connectivity index (χ0) is 22.9. The van der Waals surface area contributed by atoms with Crippen molar-refractivity contribution in [3.63, 3.8) is 0 Å². The van der Waals surface area contributed by atoms with Crippen LogP contribution in [-0.4, -0.2) is 36.3 Å². The van der Waals surface area contributed by atoms with Crippen LogP contribution >= 0.6 is 0 Å². The zero-order valence-electron chi connectivity index (χ0n) is 18.7. The van der Waals surface area contributed by atoms with Crippen molar-refractivity contribution in [3.8, 4) is 28.3 Å². The molecule has 5 rings (SSSR count). The first-order chi connectivity index (χ1) is 16.0. The maximum absolute atomic E-state index is 11.3. The third-order valence-corrected chi connectivity index (χ3v) is 6.42. The minimum absolute atomic E-state index is 0.0392. The van der Waals surface area contributed by atoms with Crippen LogP contribution in [-0.2, 0) is 11.8 Å². The quantitative estimate of drug-likeness (QED) is 0.521. The number of hydrogen-bond donors (Lipinski definition) is 1. The number of carbonyl (C=O) groups is 1. The van der Waals surface area contributed by atoms with E-state index in [1.54, 1.807) is 22.3 Å². The summed E-state index contributed by atoms with van der Waals surface area (Å²) in [7, 11) is 1.89. The Labute approximate surface area is 191 Å². The number of amides is 1. The van der Waals surface area contributed by atoms with E-state index in [1.807, 2.05) is 31.8 Å². The van der Waals surface area contributed by atoms with Gasteiger partial charge in [0, 0.05) is 72.5 Å². The second-order valence-corrected chi connectivity index (χ2v) is 8.73. The molecule has 0 saturated heterocycles. The molecule has 1 N–H and O–H groups in total. The molecule has 1 saturated carbocycles. The molecular formula is C25H25N7O. The molecule has 1 amide bonds. The molecule has 1 fully saturated rings. The van der Waals surface area contributed by atoms with Gasteiger partial charge < -0.3 is 5.32 Å². The van der Waals surface area contributed by atoms with Crippen LogP contribution in [0.3, 0.4) is 0 Å². The lowest BCUT2D eigenvalue weighted by Gasteiger charge is -2.28. The smallest absolute Gasteiger partial charge is 0.217 e. The van der Waals surface area contributed by atoms with Crippen molar-refractivity contribution in [1.29, 1.82) is 5.26 Å². The SMILES string of the molecule is CC(=O)NC1CCC(c2ccc(-c3cc(-c4cnn(C)c4)cn4ncc(C#N)c34)cn2)CC1. The minimum Gasteiger partial charge on any atom is -0.354 e. The third kappa shape index (κ3) is 4.10. The van der Waals surface area contributed by atoms with Gasteiger partial charge in [-0.15, -0.1) is 0 Å². The van der Waals surface area contributed by atoms with Gasteiger partial charge >= 0.3 is 0 Å². The number of fused-ring (bicyclic) bond motifs is 1. The van der Waals surface area contributed by atoms with Crippen molar-refractivity contribution in [2.45, 2.75) is 44.6 Å². The van der Waals surface area contributed by atoms with Crippen LogP contribution in [0.15, 0.2) is 49.2 Å². The Morgan fingerprint density at radius 2 is 1.88 bits per heavy atom. The number of aryl methyl sites for hydroxylation is 1. The Morgan fingerprint density at radius 1 is 1.06 bits per heavy atom. The molecule has 4 heterocycles. The number of hydrogen-bond acceptors (Lipinski definition) is 5. The van der Waals surface area contributed by atoms with Crippen LogP contribution in [0.1, 0.15) is 49.8 Å². The lowest BCUT2D eigenvalue weighted by atomic mass is 9.83. The normalized spacial score (nSPS) is 18.2. The maximum atomic E-state index is 11.3. The van der Waals surface area contributed by atoms with E-state index in [4.69, 9.17) is 4.98 Å². The van der Waals surface area contributed by atoms with Gasteiger partial charge in [-0.3, -0.25) is 14.5 Å². The van der Waals surface area contributed by atoms with Gasteiger partial charge in [0.2, 0.25) is 5.91 Å². The van der Waals surface area contributed by atoms with Gasteiger partial charge in [0.1, 0.15) is 6.07 Å². The van der Waals surface area contributed by atoms with E-state index in [9.17, 15) is 10.1 Å². The lowest BCUT2D eigenvalue weighted by Crippen LogP contribution is -2.35. The topological polar surface area (TPSA) is 101 Å². The van der Waals surface area contributed by atoms with E-state index >= 15 is 0 Å². The van der Waals surface area contributed by atoms with E-state index in [0.29, 0.717) is 11.5 Å². The zero-order valence-corrected chi connectivity index (χ0v) is 18.7. The van der Waals surface area contributed by atoms with Gasteiger partial charge in [-0.1, -0.05) is 6.07 Å². The first-order valence-electron chi connectivity index (χ1n) is 11.2. The first-order valence-corrected chi connectivity index (χ1v) is 11.2. The molecule has 4 aromatic rings. The molecule has 33 heavy (non-hydrogen) atoms. The van der Waals surface area contributed by atoms with Crippen molar-refractivity contribution in [3.05, 3.63) is 60.4 Å². The fraction of sp³-hybridized carbons (Fsp3) is 0.320. The number of aromatic nitrogens is 5. The summed E-state index contributed by atoms with van der Waals surface area (Å²) < 4.78 is 3.52. The van der Waals surface area contributed by atoms with Crippen molar-refractivity contribution >= 4 is 11.4 Å². The lowest BCUT2D eigenvalue weighted by molar-refractivity contribution is -0.119. The molecule has 0 unspecified atom stereocenters. The van der Waals surface area contributed by atoms with Crippen molar-refractivity contribution in [1.82, 2.24) is 29.7 Å². The largest absolute Gasteiger partial charge is 0.354 e. The average molecular weight is 440 g/mol. The molecule has 1 aliphatic carbocycles. The summed E-state index contributed by atoms with van der Waals surface area (Å²) in [6.07, 6.45) is 13.2. The molecule has 0 aliphatic heterocycles. The standard InChI is InChI=1S/C25H25N7O/c1-16(33)30-22-6-3-17(4-7-22)24-8-5-18(11-27-24)23-9-19(21-13-28-31(2)14-21)15-32-25(23)20(10-26)12-29-32/h5,8-9,11-15,17,22H,3-4,6-7H2,1-2H3,(H,30,33). The highest BCUT2D eigenvalue weighted by atomic mass is 16.1. The second-order valence-electron chi connectivity index (χ2n) is 8.73. The van der Waals surface area contributed by atoms with E-state index < -0.39 is 0 Å². The molecule has 1 aliphatic rings. The first kappa shape index (κ1) is 20.9. The van der Waals surface area contributed by atoms with Gasteiger partial charge in [-0.25, -0.2) is 4.52 Å². The molecule has 0 atom stereocenters. The summed E-state index contributed by atoms with van der Waals surface area (Å²) in [5.41, 5.74) is 6.19. The van der Waals surface area contributed by atoms with Gasteiger partial charge in [0.05, 0.1) is 23.5 Å².